The van der Waals surface area contributed by atoms with Crippen LogP contribution in [0.5, 0.6) is 0 Å². The first-order valence-electron chi connectivity index (χ1n) is 8.56. The molecular weight excluding hydrogens is 370 g/mol. The van der Waals surface area contributed by atoms with Crippen molar-refractivity contribution >= 4 is 21.6 Å². The van der Waals surface area contributed by atoms with Gasteiger partial charge < -0.3 is 9.30 Å². The number of esters is 1. The molecule has 27 heavy (non-hydrogen) atoms. The number of carbonyl (C=O) groups is 2. The Hall–Kier alpha value is -2.55. The highest BCUT2D eigenvalue weighted by molar-refractivity contribution is 7.91. The Morgan fingerprint density at radius 1 is 1.22 bits per heavy atom. The van der Waals surface area contributed by atoms with Crippen molar-refractivity contribution in [2.24, 2.45) is 0 Å². The number of hydrogen-bond donors (Lipinski definition) is 0. The fourth-order valence-corrected chi connectivity index (χ4v) is 5.08. The van der Waals surface area contributed by atoms with Crippen LogP contribution >= 0.6 is 0 Å². The Bertz CT molecular complexity index is 993. The van der Waals surface area contributed by atoms with Crippen LogP contribution in [0, 0.1) is 20.8 Å². The third-order valence-electron chi connectivity index (χ3n) is 4.68. The number of Topliss-reactive ketones (excluding diaryl/α,β-unsaturated/α-hetero) is 1. The standard InChI is InChI=1S/C18H21N3O5S/c1-11-7-20-16(8-19-11)18(23)26-9-17(22)15-6-12(2)21(13(15)3)14-4-5-27(24,25)10-14/h6-8,14H,4-5,9-10H2,1-3H3/t14-/m1/s1. The zero-order valence-corrected chi connectivity index (χ0v) is 16.2. The van der Waals surface area contributed by atoms with Crippen molar-refractivity contribution in [3.63, 3.8) is 0 Å². The fraction of sp³-hybridized carbons (Fsp3) is 0.444. The Balaban J connectivity index is 1.71. The van der Waals surface area contributed by atoms with Gasteiger partial charge >= 0.3 is 5.97 Å². The number of hydrogen-bond acceptors (Lipinski definition) is 7. The van der Waals surface area contributed by atoms with Crippen molar-refractivity contribution in [1.29, 1.82) is 0 Å². The molecule has 8 nitrogen and oxygen atoms in total. The minimum Gasteiger partial charge on any atom is -0.453 e. The molecule has 0 aromatic carbocycles. The molecule has 9 heteroatoms. The first-order chi connectivity index (χ1) is 12.7. The molecule has 1 saturated heterocycles. The molecule has 0 N–H and O–H groups in total. The number of rotatable bonds is 5. The summed E-state index contributed by atoms with van der Waals surface area (Å²) in [5.41, 5.74) is 2.64. The van der Waals surface area contributed by atoms with Crippen LogP contribution in [0.1, 0.15) is 50.4 Å². The number of aryl methyl sites for hydroxylation is 2. The first kappa shape index (κ1) is 19.2. The number of ketones is 1. The largest absolute Gasteiger partial charge is 0.453 e. The third-order valence-corrected chi connectivity index (χ3v) is 6.43. The number of nitrogens with zero attached hydrogens (tertiary/aromatic N) is 3. The molecule has 2 aromatic rings. The van der Waals surface area contributed by atoms with Gasteiger partial charge in [0, 0.05) is 29.2 Å². The number of sulfone groups is 1. The van der Waals surface area contributed by atoms with Crippen molar-refractivity contribution < 1.29 is 22.7 Å². The third kappa shape index (κ3) is 4.08. The molecule has 0 radical (unpaired) electrons. The second-order valence-corrected chi connectivity index (χ2v) is 8.98. The zero-order valence-electron chi connectivity index (χ0n) is 15.4. The molecule has 3 rings (SSSR count). The summed E-state index contributed by atoms with van der Waals surface area (Å²) in [4.78, 5) is 32.4. The fourth-order valence-electron chi connectivity index (χ4n) is 3.38. The average molecular weight is 391 g/mol. The lowest BCUT2D eigenvalue weighted by atomic mass is 10.1. The topological polar surface area (TPSA) is 108 Å². The molecule has 0 aliphatic carbocycles. The van der Waals surface area contributed by atoms with E-state index in [4.69, 9.17) is 4.74 Å². The van der Waals surface area contributed by atoms with Crippen molar-refractivity contribution in [2.75, 3.05) is 18.1 Å². The molecular formula is C18H21N3O5S. The maximum atomic E-state index is 12.5. The van der Waals surface area contributed by atoms with Gasteiger partial charge in [0.1, 0.15) is 0 Å². The summed E-state index contributed by atoms with van der Waals surface area (Å²) in [6.07, 6.45) is 3.28. The Labute approximate surface area is 157 Å². The van der Waals surface area contributed by atoms with E-state index in [1.165, 1.54) is 12.4 Å². The lowest BCUT2D eigenvalue weighted by molar-refractivity contribution is 0.0468. The van der Waals surface area contributed by atoms with Gasteiger partial charge in [0.15, 0.2) is 22.1 Å². The average Bonchev–Trinajstić information content (AvgIpc) is 3.11. The molecule has 0 saturated carbocycles. The van der Waals surface area contributed by atoms with Crippen LogP contribution in [0.2, 0.25) is 0 Å². The number of aromatic nitrogens is 3. The normalized spacial score (nSPS) is 18.4. The van der Waals surface area contributed by atoms with Gasteiger partial charge in [-0.05, 0) is 33.3 Å². The molecule has 2 aromatic heterocycles. The highest BCUT2D eigenvalue weighted by atomic mass is 32.2. The number of ether oxygens (including phenoxy) is 1. The van der Waals surface area contributed by atoms with E-state index >= 15 is 0 Å². The van der Waals surface area contributed by atoms with Crippen LogP contribution in [0.3, 0.4) is 0 Å². The van der Waals surface area contributed by atoms with Crippen LogP contribution in [0.25, 0.3) is 0 Å². The van der Waals surface area contributed by atoms with E-state index in [2.05, 4.69) is 9.97 Å². The van der Waals surface area contributed by atoms with Gasteiger partial charge in [-0.25, -0.2) is 18.2 Å². The Morgan fingerprint density at radius 2 is 1.96 bits per heavy atom. The number of carbonyl (C=O) groups excluding carboxylic acids is 2. The summed E-state index contributed by atoms with van der Waals surface area (Å²) in [5, 5.41) is 0. The van der Waals surface area contributed by atoms with Gasteiger partial charge in [-0.15, -0.1) is 0 Å². The molecule has 1 aliphatic rings. The van der Waals surface area contributed by atoms with Crippen LogP contribution in [-0.2, 0) is 14.6 Å². The second kappa shape index (κ2) is 7.22. The highest BCUT2D eigenvalue weighted by Gasteiger charge is 2.31. The predicted octanol–water partition coefficient (Wildman–Crippen LogP) is 1.60. The van der Waals surface area contributed by atoms with Gasteiger partial charge in [0.05, 0.1) is 23.4 Å². The van der Waals surface area contributed by atoms with Crippen molar-refractivity contribution in [3.05, 3.63) is 46.8 Å². The van der Waals surface area contributed by atoms with Crippen LogP contribution in [-0.4, -0.2) is 52.8 Å². The van der Waals surface area contributed by atoms with Gasteiger partial charge in [-0.2, -0.15) is 0 Å². The lowest BCUT2D eigenvalue weighted by Gasteiger charge is -2.16. The van der Waals surface area contributed by atoms with Crippen molar-refractivity contribution in [3.8, 4) is 0 Å². The molecule has 1 fully saturated rings. The van der Waals surface area contributed by atoms with E-state index < -0.39 is 22.4 Å². The smallest absolute Gasteiger partial charge is 0.358 e. The van der Waals surface area contributed by atoms with E-state index in [0.29, 0.717) is 23.4 Å². The molecule has 1 atom stereocenters. The maximum Gasteiger partial charge on any atom is 0.358 e. The van der Waals surface area contributed by atoms with E-state index in [0.717, 1.165) is 5.69 Å². The summed E-state index contributed by atoms with van der Waals surface area (Å²) in [7, 11) is -3.03. The molecule has 1 aliphatic heterocycles. The minimum atomic E-state index is -3.03. The minimum absolute atomic E-state index is 0.0371. The van der Waals surface area contributed by atoms with Crippen LogP contribution < -0.4 is 0 Å². The summed E-state index contributed by atoms with van der Waals surface area (Å²) in [6.45, 7) is 4.94. The predicted molar refractivity (Wildman–Crippen MR) is 97.6 cm³/mol. The van der Waals surface area contributed by atoms with E-state index in [1.54, 1.807) is 19.9 Å². The summed E-state index contributed by atoms with van der Waals surface area (Å²) >= 11 is 0. The molecule has 144 valence electrons. The van der Waals surface area contributed by atoms with Gasteiger partial charge in [0.2, 0.25) is 5.78 Å². The van der Waals surface area contributed by atoms with Gasteiger partial charge in [0.25, 0.3) is 0 Å². The maximum absolute atomic E-state index is 12.5. The van der Waals surface area contributed by atoms with E-state index in [1.807, 2.05) is 11.5 Å². The molecule has 3 heterocycles. The lowest BCUT2D eigenvalue weighted by Crippen LogP contribution is -2.17. The Kier molecular flexibility index (Phi) is 5.14. The van der Waals surface area contributed by atoms with E-state index in [-0.39, 0.29) is 29.0 Å². The summed E-state index contributed by atoms with van der Waals surface area (Å²) in [6, 6.07) is 1.55. The van der Waals surface area contributed by atoms with Crippen molar-refractivity contribution in [1.82, 2.24) is 14.5 Å². The summed E-state index contributed by atoms with van der Waals surface area (Å²) in [5.74, 6) is -0.819. The second-order valence-electron chi connectivity index (χ2n) is 6.75. The zero-order chi connectivity index (χ0) is 19.8. The highest BCUT2D eigenvalue weighted by Crippen LogP contribution is 2.29. The summed E-state index contributed by atoms with van der Waals surface area (Å²) < 4.78 is 30.5. The molecule has 0 unspecified atom stereocenters. The quantitative estimate of drug-likeness (QED) is 0.563. The molecule has 0 bridgehead atoms. The van der Waals surface area contributed by atoms with Crippen LogP contribution in [0.4, 0.5) is 0 Å². The molecule has 0 spiro atoms. The van der Waals surface area contributed by atoms with Crippen LogP contribution in [0.15, 0.2) is 18.5 Å². The SMILES string of the molecule is Cc1cnc(C(=O)OCC(=O)c2cc(C)n([C@@H]3CCS(=O)(=O)C3)c2C)cn1. The molecule has 0 amide bonds. The monoisotopic (exact) mass is 391 g/mol. The van der Waals surface area contributed by atoms with Crippen molar-refractivity contribution in [2.45, 2.75) is 33.2 Å². The Morgan fingerprint density at radius 3 is 2.56 bits per heavy atom. The van der Waals surface area contributed by atoms with E-state index in [9.17, 15) is 18.0 Å². The first-order valence-corrected chi connectivity index (χ1v) is 10.4. The van der Waals surface area contributed by atoms with Gasteiger partial charge in [-0.1, -0.05) is 0 Å². The van der Waals surface area contributed by atoms with Gasteiger partial charge in [-0.3, -0.25) is 9.78 Å².